The third-order valence-corrected chi connectivity index (χ3v) is 3.81. The van der Waals surface area contributed by atoms with Gasteiger partial charge in [0.05, 0.1) is 0 Å². The number of aryl methyl sites for hydroxylation is 1. The van der Waals surface area contributed by atoms with E-state index in [1.807, 2.05) is 0 Å². The summed E-state index contributed by atoms with van der Waals surface area (Å²) >= 11 is 0. The van der Waals surface area contributed by atoms with Gasteiger partial charge in [0, 0.05) is 0 Å². The molecular weight excluding hydrogens is 228 g/mol. The summed E-state index contributed by atoms with van der Waals surface area (Å²) in [7, 11) is 0. The summed E-state index contributed by atoms with van der Waals surface area (Å²) in [6.45, 7) is 6.26. The Balaban J connectivity index is 1.89. The zero-order valence-corrected chi connectivity index (χ0v) is 12.8. The molecule has 1 radical (unpaired) electrons. The Bertz CT molecular complexity index is 314. The van der Waals surface area contributed by atoms with Gasteiger partial charge in [0.25, 0.3) is 0 Å². The summed E-state index contributed by atoms with van der Waals surface area (Å²) in [6, 6.07) is 8.63. The molecule has 0 bridgehead atoms. The smallest absolute Gasteiger partial charge is 0.0238 e. The van der Waals surface area contributed by atoms with E-state index in [1.54, 1.807) is 0 Å². The van der Waals surface area contributed by atoms with Gasteiger partial charge in [-0.3, -0.25) is 0 Å². The first kappa shape index (κ1) is 16.3. The van der Waals surface area contributed by atoms with E-state index in [1.165, 1.54) is 76.2 Å². The first-order chi connectivity index (χ1) is 9.33. The minimum Gasteiger partial charge on any atom is -0.0654 e. The molecule has 107 valence electrons. The number of hydrogen-bond acceptors (Lipinski definition) is 0. The van der Waals surface area contributed by atoms with Gasteiger partial charge < -0.3 is 0 Å². The zero-order valence-electron chi connectivity index (χ0n) is 12.8. The van der Waals surface area contributed by atoms with E-state index in [9.17, 15) is 0 Å². The Morgan fingerprint density at radius 3 is 1.95 bits per heavy atom. The highest BCUT2D eigenvalue weighted by atomic mass is 14.0. The van der Waals surface area contributed by atoms with Crippen molar-refractivity contribution in [3.05, 3.63) is 42.3 Å². The second kappa shape index (κ2) is 11.1. The SMILES string of the molecule is [CH2]c1cccc(CCCCCCCCCCCC)c1. The predicted octanol–water partition coefficient (Wildman–Crippen LogP) is 6.33. The summed E-state index contributed by atoms with van der Waals surface area (Å²) in [5.74, 6) is 0. The molecule has 0 saturated heterocycles. The Morgan fingerprint density at radius 2 is 1.37 bits per heavy atom. The van der Waals surface area contributed by atoms with Crippen LogP contribution in [0.1, 0.15) is 82.3 Å². The van der Waals surface area contributed by atoms with Crippen molar-refractivity contribution in [2.24, 2.45) is 0 Å². The summed E-state index contributed by atoms with van der Waals surface area (Å²) in [4.78, 5) is 0. The van der Waals surface area contributed by atoms with Gasteiger partial charge in [-0.1, -0.05) is 89.0 Å². The molecule has 0 heteroatoms. The fraction of sp³-hybridized carbons (Fsp3) is 0.632. The summed E-state index contributed by atoms with van der Waals surface area (Å²) < 4.78 is 0. The number of unbranched alkanes of at least 4 members (excludes halogenated alkanes) is 9. The van der Waals surface area contributed by atoms with Crippen LogP contribution in [0.15, 0.2) is 24.3 Å². The van der Waals surface area contributed by atoms with E-state index in [0.29, 0.717) is 0 Å². The molecule has 0 atom stereocenters. The van der Waals surface area contributed by atoms with Crippen LogP contribution in [0.5, 0.6) is 0 Å². The molecule has 0 fully saturated rings. The van der Waals surface area contributed by atoms with Crippen LogP contribution in [0, 0.1) is 6.92 Å². The second-order valence-electron chi connectivity index (χ2n) is 5.75. The van der Waals surface area contributed by atoms with Gasteiger partial charge in [0.2, 0.25) is 0 Å². The third-order valence-electron chi connectivity index (χ3n) is 3.81. The molecule has 0 heterocycles. The van der Waals surface area contributed by atoms with Crippen molar-refractivity contribution in [2.45, 2.75) is 77.6 Å². The monoisotopic (exact) mass is 259 g/mol. The fourth-order valence-corrected chi connectivity index (χ4v) is 2.60. The third kappa shape index (κ3) is 8.86. The number of benzene rings is 1. The minimum absolute atomic E-state index is 1.14. The van der Waals surface area contributed by atoms with E-state index in [4.69, 9.17) is 0 Å². The zero-order chi connectivity index (χ0) is 13.8. The lowest BCUT2D eigenvalue weighted by atomic mass is 10.0. The lowest BCUT2D eigenvalue weighted by molar-refractivity contribution is 0.556. The molecule has 0 unspecified atom stereocenters. The van der Waals surface area contributed by atoms with Crippen LogP contribution in [0.25, 0.3) is 0 Å². The normalized spacial score (nSPS) is 10.8. The Morgan fingerprint density at radius 1 is 0.789 bits per heavy atom. The second-order valence-corrected chi connectivity index (χ2v) is 5.75. The van der Waals surface area contributed by atoms with Crippen LogP contribution in [0.3, 0.4) is 0 Å². The molecule has 1 aromatic rings. The van der Waals surface area contributed by atoms with Crippen molar-refractivity contribution in [3.8, 4) is 0 Å². The molecule has 0 aliphatic carbocycles. The molecule has 0 N–H and O–H groups in total. The van der Waals surface area contributed by atoms with Crippen molar-refractivity contribution < 1.29 is 0 Å². The first-order valence-electron chi connectivity index (χ1n) is 8.24. The predicted molar refractivity (Wildman–Crippen MR) is 86.4 cm³/mol. The number of hydrogen-bond donors (Lipinski definition) is 0. The largest absolute Gasteiger partial charge is 0.0654 e. The van der Waals surface area contributed by atoms with Crippen LogP contribution in [0.2, 0.25) is 0 Å². The van der Waals surface area contributed by atoms with E-state index >= 15 is 0 Å². The lowest BCUT2D eigenvalue weighted by Crippen LogP contribution is -1.87. The Kier molecular flexibility index (Phi) is 9.49. The molecule has 19 heavy (non-hydrogen) atoms. The maximum absolute atomic E-state index is 3.98. The Hall–Kier alpha value is -0.780. The van der Waals surface area contributed by atoms with E-state index < -0.39 is 0 Å². The molecule has 1 aromatic carbocycles. The molecular formula is C19H31. The van der Waals surface area contributed by atoms with Gasteiger partial charge in [-0.15, -0.1) is 0 Å². The van der Waals surface area contributed by atoms with E-state index in [2.05, 4.69) is 38.1 Å². The molecule has 0 amide bonds. The van der Waals surface area contributed by atoms with Crippen molar-refractivity contribution in [3.63, 3.8) is 0 Å². The highest BCUT2D eigenvalue weighted by molar-refractivity contribution is 5.25. The number of rotatable bonds is 11. The highest BCUT2D eigenvalue weighted by Gasteiger charge is 1.95. The summed E-state index contributed by atoms with van der Waals surface area (Å²) in [6.07, 6.45) is 15.3. The first-order valence-corrected chi connectivity index (χ1v) is 8.24. The van der Waals surface area contributed by atoms with Gasteiger partial charge in [-0.2, -0.15) is 0 Å². The van der Waals surface area contributed by atoms with Gasteiger partial charge in [-0.05, 0) is 30.9 Å². The molecule has 0 spiro atoms. The summed E-state index contributed by atoms with van der Waals surface area (Å²) in [5, 5.41) is 0. The van der Waals surface area contributed by atoms with Crippen molar-refractivity contribution in [2.75, 3.05) is 0 Å². The molecule has 0 nitrogen and oxygen atoms in total. The fourth-order valence-electron chi connectivity index (χ4n) is 2.60. The van der Waals surface area contributed by atoms with Crippen LogP contribution in [0.4, 0.5) is 0 Å². The molecule has 0 saturated carbocycles. The lowest BCUT2D eigenvalue weighted by Gasteiger charge is -2.03. The van der Waals surface area contributed by atoms with Crippen LogP contribution < -0.4 is 0 Å². The summed E-state index contributed by atoms with van der Waals surface area (Å²) in [5.41, 5.74) is 2.59. The van der Waals surface area contributed by atoms with Crippen molar-refractivity contribution >= 4 is 0 Å². The van der Waals surface area contributed by atoms with Crippen molar-refractivity contribution in [1.29, 1.82) is 0 Å². The van der Waals surface area contributed by atoms with E-state index in [0.717, 1.165) is 5.56 Å². The van der Waals surface area contributed by atoms with Gasteiger partial charge in [0.1, 0.15) is 0 Å². The Labute approximate surface area is 120 Å². The van der Waals surface area contributed by atoms with Crippen LogP contribution in [-0.4, -0.2) is 0 Å². The quantitative estimate of drug-likeness (QED) is 0.407. The molecule has 0 aliphatic heterocycles. The standard InChI is InChI=1S/C19H31/c1-3-4-5-6-7-8-9-10-11-12-15-19-16-13-14-18(2)17-19/h13-14,16-17H,2-12,15H2,1H3. The topological polar surface area (TPSA) is 0 Å². The highest BCUT2D eigenvalue weighted by Crippen LogP contribution is 2.13. The average Bonchev–Trinajstić information content (AvgIpc) is 2.41. The van der Waals surface area contributed by atoms with Crippen LogP contribution in [-0.2, 0) is 6.42 Å². The minimum atomic E-state index is 1.14. The van der Waals surface area contributed by atoms with Gasteiger partial charge >= 0.3 is 0 Å². The maximum atomic E-state index is 3.98. The average molecular weight is 259 g/mol. The molecule has 0 aromatic heterocycles. The van der Waals surface area contributed by atoms with Crippen molar-refractivity contribution in [1.82, 2.24) is 0 Å². The molecule has 1 rings (SSSR count). The van der Waals surface area contributed by atoms with E-state index in [-0.39, 0.29) is 0 Å². The van der Waals surface area contributed by atoms with Gasteiger partial charge in [0.15, 0.2) is 0 Å². The van der Waals surface area contributed by atoms with Gasteiger partial charge in [-0.25, -0.2) is 0 Å². The maximum Gasteiger partial charge on any atom is -0.0238 e. The molecule has 0 aliphatic rings. The van der Waals surface area contributed by atoms with Crippen LogP contribution >= 0.6 is 0 Å².